The van der Waals surface area contributed by atoms with E-state index in [1.165, 1.54) is 6.92 Å². The lowest BCUT2D eigenvalue weighted by Gasteiger charge is -2.33. The van der Waals surface area contributed by atoms with Crippen molar-refractivity contribution in [1.82, 2.24) is 20.9 Å². The minimum Gasteiger partial charge on any atom is -0.461 e. The van der Waals surface area contributed by atoms with Gasteiger partial charge in [-0.3, -0.25) is 19.2 Å². The van der Waals surface area contributed by atoms with Crippen LogP contribution in [0.3, 0.4) is 0 Å². The van der Waals surface area contributed by atoms with Crippen LogP contribution in [0.15, 0.2) is 30.3 Å². The Bertz CT molecular complexity index is 857. The first kappa shape index (κ1) is 26.7. The second-order valence-electron chi connectivity index (χ2n) is 9.52. The zero-order valence-electron chi connectivity index (χ0n) is 20.6. The van der Waals surface area contributed by atoms with Gasteiger partial charge in [0.05, 0.1) is 12.3 Å². The van der Waals surface area contributed by atoms with E-state index in [0.29, 0.717) is 31.8 Å². The van der Waals surface area contributed by atoms with Gasteiger partial charge in [-0.25, -0.2) is 0 Å². The number of esters is 1. The monoisotopic (exact) mass is 486 g/mol. The Morgan fingerprint density at radius 1 is 1.09 bits per heavy atom. The number of nitrogens with one attached hydrogen (secondary N) is 3. The molecule has 35 heavy (non-hydrogen) atoms. The van der Waals surface area contributed by atoms with Crippen molar-refractivity contribution in [2.45, 2.75) is 64.6 Å². The van der Waals surface area contributed by atoms with Gasteiger partial charge in [0.15, 0.2) is 0 Å². The first-order valence-corrected chi connectivity index (χ1v) is 12.7. The van der Waals surface area contributed by atoms with Crippen molar-refractivity contribution in [1.29, 1.82) is 0 Å². The van der Waals surface area contributed by atoms with Crippen LogP contribution >= 0.6 is 0 Å². The smallest absolute Gasteiger partial charge is 0.310 e. The Balaban J connectivity index is 1.47. The molecule has 2 fully saturated rings. The van der Waals surface area contributed by atoms with Crippen LogP contribution in [-0.2, 0) is 30.5 Å². The summed E-state index contributed by atoms with van der Waals surface area (Å²) in [6, 6.07) is 9.29. The van der Waals surface area contributed by atoms with E-state index in [9.17, 15) is 19.2 Å². The van der Waals surface area contributed by atoms with Gasteiger partial charge in [0.1, 0.15) is 12.8 Å². The zero-order valence-corrected chi connectivity index (χ0v) is 20.6. The normalized spacial score (nSPS) is 19.5. The number of hydrogen-bond acceptors (Lipinski definition) is 6. The van der Waals surface area contributed by atoms with Crippen molar-refractivity contribution in [2.75, 3.05) is 26.2 Å². The summed E-state index contributed by atoms with van der Waals surface area (Å²) in [4.78, 5) is 51.5. The Hall–Kier alpha value is -2.94. The first-order chi connectivity index (χ1) is 16.9. The molecule has 0 aliphatic carbocycles. The molecule has 2 atom stereocenters. The predicted octanol–water partition coefficient (Wildman–Crippen LogP) is 1.72. The van der Waals surface area contributed by atoms with E-state index in [0.717, 1.165) is 44.3 Å². The van der Waals surface area contributed by atoms with E-state index < -0.39 is 12.1 Å². The van der Waals surface area contributed by atoms with E-state index in [1.807, 2.05) is 30.3 Å². The Labute approximate surface area is 207 Å². The summed E-state index contributed by atoms with van der Waals surface area (Å²) in [5.41, 5.74) is 0.855. The van der Waals surface area contributed by atoms with E-state index in [-0.39, 0.29) is 36.7 Å². The third-order valence-corrected chi connectivity index (χ3v) is 6.68. The van der Waals surface area contributed by atoms with Crippen molar-refractivity contribution >= 4 is 23.7 Å². The maximum absolute atomic E-state index is 13.0. The highest BCUT2D eigenvalue weighted by Gasteiger charge is 2.30. The number of carbonyl (C=O) groups excluding carboxylic acids is 4. The predicted molar refractivity (Wildman–Crippen MR) is 131 cm³/mol. The highest BCUT2D eigenvalue weighted by molar-refractivity contribution is 5.83. The lowest BCUT2D eigenvalue weighted by atomic mass is 9.92. The van der Waals surface area contributed by atoms with E-state index in [2.05, 4.69) is 16.0 Å². The average Bonchev–Trinajstić information content (AvgIpc) is 2.87. The van der Waals surface area contributed by atoms with Crippen molar-refractivity contribution in [3.8, 4) is 0 Å². The number of rotatable bonds is 10. The number of ether oxygens (including phenoxy) is 1. The molecule has 9 nitrogen and oxygen atoms in total. The van der Waals surface area contributed by atoms with Gasteiger partial charge in [-0.2, -0.15) is 0 Å². The molecule has 2 heterocycles. The lowest BCUT2D eigenvalue weighted by Crippen LogP contribution is -2.53. The summed E-state index contributed by atoms with van der Waals surface area (Å²) in [5.74, 6) is -0.831. The van der Waals surface area contributed by atoms with Crippen LogP contribution in [0.2, 0.25) is 0 Å². The number of nitrogens with zero attached hydrogens (tertiary/aromatic N) is 1. The molecule has 0 spiro atoms. The molecule has 2 aliphatic heterocycles. The molecule has 2 aliphatic rings. The van der Waals surface area contributed by atoms with Crippen LogP contribution in [0, 0.1) is 11.8 Å². The van der Waals surface area contributed by atoms with Crippen LogP contribution in [0.25, 0.3) is 0 Å². The second kappa shape index (κ2) is 13.8. The molecule has 0 saturated carbocycles. The van der Waals surface area contributed by atoms with Crippen LogP contribution in [-0.4, -0.2) is 60.9 Å². The quantitative estimate of drug-likeness (QED) is 0.343. The molecular formula is C26H38N4O5. The summed E-state index contributed by atoms with van der Waals surface area (Å²) in [6.07, 6.45) is 3.99. The number of likely N-dealkylation sites (tertiary alicyclic amines) is 1. The molecular weight excluding hydrogens is 448 g/mol. The third-order valence-electron chi connectivity index (χ3n) is 6.68. The molecule has 192 valence electrons. The molecule has 0 aromatic heterocycles. The first-order valence-electron chi connectivity index (χ1n) is 12.7. The van der Waals surface area contributed by atoms with E-state index >= 15 is 0 Å². The minimum atomic E-state index is -0.866. The van der Waals surface area contributed by atoms with E-state index in [4.69, 9.17) is 4.74 Å². The maximum atomic E-state index is 13.0. The number of piperidine rings is 2. The summed E-state index contributed by atoms with van der Waals surface area (Å²) >= 11 is 0. The number of benzene rings is 1. The molecule has 0 radical (unpaired) electrons. The average molecular weight is 487 g/mol. The van der Waals surface area contributed by atoms with Crippen LogP contribution < -0.4 is 16.0 Å². The highest BCUT2D eigenvalue weighted by Crippen LogP contribution is 2.21. The molecule has 2 saturated heterocycles. The lowest BCUT2D eigenvalue weighted by molar-refractivity contribution is -0.146. The Morgan fingerprint density at radius 3 is 2.54 bits per heavy atom. The number of carbonyl (C=O) groups is 4. The number of hydrogen-bond donors (Lipinski definition) is 3. The van der Waals surface area contributed by atoms with Gasteiger partial charge < -0.3 is 25.6 Å². The topological polar surface area (TPSA) is 117 Å². The van der Waals surface area contributed by atoms with Crippen molar-refractivity contribution in [3.05, 3.63) is 35.9 Å². The Kier molecular flexibility index (Phi) is 10.5. The summed E-state index contributed by atoms with van der Waals surface area (Å²) in [6.45, 7) is 4.51. The summed E-state index contributed by atoms with van der Waals surface area (Å²) in [7, 11) is 0. The van der Waals surface area contributed by atoms with Crippen molar-refractivity contribution in [2.24, 2.45) is 11.8 Å². The Morgan fingerprint density at radius 2 is 1.83 bits per heavy atom. The number of amides is 3. The largest absolute Gasteiger partial charge is 0.461 e. The molecule has 3 rings (SSSR count). The summed E-state index contributed by atoms with van der Waals surface area (Å²) < 4.78 is 5.29. The fraction of sp³-hybridized carbons (Fsp3) is 0.615. The van der Waals surface area contributed by atoms with Crippen molar-refractivity contribution in [3.63, 3.8) is 0 Å². The van der Waals surface area contributed by atoms with Gasteiger partial charge in [0.25, 0.3) is 0 Å². The van der Waals surface area contributed by atoms with Crippen LogP contribution in [0.5, 0.6) is 0 Å². The molecule has 3 amide bonds. The van der Waals surface area contributed by atoms with Crippen molar-refractivity contribution < 1.29 is 23.9 Å². The zero-order chi connectivity index (χ0) is 25.0. The summed E-state index contributed by atoms with van der Waals surface area (Å²) in [5, 5.41) is 8.73. The van der Waals surface area contributed by atoms with Gasteiger partial charge in [-0.15, -0.1) is 0 Å². The maximum Gasteiger partial charge on any atom is 0.310 e. The fourth-order valence-electron chi connectivity index (χ4n) is 4.71. The van der Waals surface area contributed by atoms with Gasteiger partial charge in [0, 0.05) is 26.4 Å². The van der Waals surface area contributed by atoms with Crippen LogP contribution in [0.1, 0.15) is 57.4 Å². The van der Waals surface area contributed by atoms with Gasteiger partial charge in [-0.05, 0) is 56.7 Å². The molecule has 1 aromatic rings. The minimum absolute atomic E-state index is 0.101. The van der Waals surface area contributed by atoms with Gasteiger partial charge >= 0.3 is 5.97 Å². The fourth-order valence-corrected chi connectivity index (χ4v) is 4.71. The van der Waals surface area contributed by atoms with Gasteiger partial charge in [-0.1, -0.05) is 30.3 Å². The van der Waals surface area contributed by atoms with E-state index in [1.54, 1.807) is 4.90 Å². The van der Waals surface area contributed by atoms with Gasteiger partial charge in [0.2, 0.25) is 17.7 Å². The molecule has 1 aromatic carbocycles. The second-order valence-corrected chi connectivity index (χ2v) is 9.52. The third kappa shape index (κ3) is 9.32. The SMILES string of the molecule is CC(=O)N[C@H](CC(=O)OCc1ccccc1)NC(=O)[C@@H]1CCCN(C(=O)CCC2CCNCC2)C1. The molecule has 3 N–H and O–H groups in total. The molecule has 9 heteroatoms. The molecule has 0 bridgehead atoms. The van der Waals surface area contributed by atoms with Crippen LogP contribution in [0.4, 0.5) is 0 Å². The highest BCUT2D eigenvalue weighted by atomic mass is 16.5. The standard InChI is InChI=1S/C26H38N4O5/c1-19(31)28-23(16-25(33)35-18-21-6-3-2-4-7-21)29-26(34)22-8-5-15-30(17-22)24(32)10-9-20-11-13-27-14-12-20/h2-4,6-7,20,22-23,27H,5,8-18H2,1H3,(H,28,31)(H,29,34)/t22-,23+/m1/s1. The molecule has 0 unspecified atom stereocenters.